The summed E-state index contributed by atoms with van der Waals surface area (Å²) >= 11 is 0. The first-order valence-corrected chi connectivity index (χ1v) is 7.69. The van der Waals surface area contributed by atoms with Gasteiger partial charge in [-0.05, 0) is 24.1 Å². The Morgan fingerprint density at radius 2 is 2.10 bits per heavy atom. The highest BCUT2D eigenvalue weighted by Crippen LogP contribution is 2.12. The molecule has 1 aliphatic rings. The molecule has 20 heavy (non-hydrogen) atoms. The van der Waals surface area contributed by atoms with Gasteiger partial charge in [-0.25, -0.2) is 13.1 Å². The van der Waals surface area contributed by atoms with Crippen molar-refractivity contribution in [3.63, 3.8) is 0 Å². The minimum Gasteiger partial charge on any atom is -0.399 e. The Hall–Kier alpha value is -1.93. The van der Waals surface area contributed by atoms with Crippen LogP contribution in [0, 0.1) is 0 Å². The third kappa shape index (κ3) is 3.78. The molecule has 7 nitrogen and oxygen atoms in total. The van der Waals surface area contributed by atoms with Crippen LogP contribution in [0.1, 0.15) is 18.4 Å². The van der Waals surface area contributed by atoms with Gasteiger partial charge < -0.3 is 5.73 Å². The second-order valence-corrected chi connectivity index (χ2v) is 6.38. The van der Waals surface area contributed by atoms with E-state index in [9.17, 15) is 18.0 Å². The quantitative estimate of drug-likeness (QED) is 0.511. The number of benzene rings is 1. The molecule has 1 aromatic rings. The minimum absolute atomic E-state index is 0.122. The summed E-state index contributed by atoms with van der Waals surface area (Å²) < 4.78 is 26.3. The normalized spacial score (nSPS) is 19.7. The number of amides is 2. The molecule has 1 unspecified atom stereocenters. The average Bonchev–Trinajstić information content (AvgIpc) is 2.32. The molecule has 108 valence electrons. The summed E-state index contributed by atoms with van der Waals surface area (Å²) in [6.45, 7) is 0. The van der Waals surface area contributed by atoms with E-state index in [1.807, 2.05) is 0 Å². The van der Waals surface area contributed by atoms with E-state index in [4.69, 9.17) is 5.73 Å². The maximum atomic E-state index is 12.0. The third-order valence-electron chi connectivity index (χ3n) is 2.87. The summed E-state index contributed by atoms with van der Waals surface area (Å²) in [4.78, 5) is 22.5. The van der Waals surface area contributed by atoms with Crippen molar-refractivity contribution in [1.29, 1.82) is 0 Å². The number of sulfonamides is 1. The Labute approximate surface area is 116 Å². The monoisotopic (exact) mass is 297 g/mol. The molecule has 0 radical (unpaired) electrons. The predicted octanol–water partition coefficient (Wildman–Crippen LogP) is -0.507. The van der Waals surface area contributed by atoms with E-state index >= 15 is 0 Å². The molecule has 1 heterocycles. The molecule has 1 fully saturated rings. The first-order valence-electron chi connectivity index (χ1n) is 6.04. The predicted molar refractivity (Wildman–Crippen MR) is 72.8 cm³/mol. The Kier molecular flexibility index (Phi) is 4.05. The van der Waals surface area contributed by atoms with Crippen LogP contribution in [0.25, 0.3) is 0 Å². The van der Waals surface area contributed by atoms with E-state index in [0.29, 0.717) is 11.3 Å². The zero-order valence-corrected chi connectivity index (χ0v) is 11.4. The van der Waals surface area contributed by atoms with Crippen molar-refractivity contribution < 1.29 is 18.0 Å². The van der Waals surface area contributed by atoms with Gasteiger partial charge in [0.2, 0.25) is 21.8 Å². The second-order valence-electron chi connectivity index (χ2n) is 4.63. The topological polar surface area (TPSA) is 118 Å². The Balaban J connectivity index is 2.04. The van der Waals surface area contributed by atoms with E-state index in [-0.39, 0.29) is 24.5 Å². The van der Waals surface area contributed by atoms with Gasteiger partial charge >= 0.3 is 0 Å². The lowest BCUT2D eigenvalue weighted by Crippen LogP contribution is -2.52. The van der Waals surface area contributed by atoms with Crippen LogP contribution in [0.4, 0.5) is 5.69 Å². The van der Waals surface area contributed by atoms with E-state index in [0.717, 1.165) is 0 Å². The van der Waals surface area contributed by atoms with Crippen LogP contribution in [0.5, 0.6) is 0 Å². The summed E-state index contributed by atoms with van der Waals surface area (Å²) in [6.07, 6.45) is 0.290. The Bertz CT molecular complexity index is 642. The molecule has 8 heteroatoms. The molecular formula is C12H15N3O4S. The number of piperidine rings is 1. The first kappa shape index (κ1) is 14.5. The highest BCUT2D eigenvalue weighted by Gasteiger charge is 2.30. The SMILES string of the molecule is Nc1cccc(CS(=O)(=O)NC2CCC(=O)NC2=O)c1. The fourth-order valence-electron chi connectivity index (χ4n) is 1.97. The lowest BCUT2D eigenvalue weighted by atomic mass is 10.1. The molecule has 0 spiro atoms. The fraction of sp³-hybridized carbons (Fsp3) is 0.333. The number of nitrogens with one attached hydrogen (secondary N) is 2. The number of hydrogen-bond donors (Lipinski definition) is 3. The number of nitrogen functional groups attached to an aromatic ring is 1. The molecule has 1 aromatic carbocycles. The molecule has 1 saturated heterocycles. The maximum Gasteiger partial charge on any atom is 0.244 e. The number of anilines is 1. The Morgan fingerprint density at radius 1 is 1.35 bits per heavy atom. The van der Waals surface area contributed by atoms with Crippen LogP contribution >= 0.6 is 0 Å². The van der Waals surface area contributed by atoms with Crippen LogP contribution in [0.2, 0.25) is 0 Å². The zero-order chi connectivity index (χ0) is 14.8. The molecule has 0 bridgehead atoms. The van der Waals surface area contributed by atoms with Crippen molar-refractivity contribution >= 4 is 27.5 Å². The standard InChI is InChI=1S/C12H15N3O4S/c13-9-3-1-2-8(6-9)7-20(18,19)15-10-4-5-11(16)14-12(10)17/h1-3,6,10,15H,4-5,7,13H2,(H,14,16,17). The highest BCUT2D eigenvalue weighted by atomic mass is 32.2. The molecule has 2 amide bonds. The second kappa shape index (κ2) is 5.59. The smallest absolute Gasteiger partial charge is 0.244 e. The molecule has 1 atom stereocenters. The van der Waals surface area contributed by atoms with Gasteiger partial charge in [0, 0.05) is 12.1 Å². The van der Waals surface area contributed by atoms with Crippen LogP contribution < -0.4 is 15.8 Å². The number of rotatable bonds is 4. The van der Waals surface area contributed by atoms with E-state index < -0.39 is 22.0 Å². The highest BCUT2D eigenvalue weighted by molar-refractivity contribution is 7.88. The number of carbonyl (C=O) groups excluding carboxylic acids is 2. The fourth-order valence-corrected chi connectivity index (χ4v) is 3.33. The lowest BCUT2D eigenvalue weighted by molar-refractivity contribution is -0.134. The molecular weight excluding hydrogens is 282 g/mol. The van der Waals surface area contributed by atoms with Crippen LogP contribution in [0.3, 0.4) is 0 Å². The summed E-state index contributed by atoms with van der Waals surface area (Å²) in [5.41, 5.74) is 6.59. The van der Waals surface area contributed by atoms with Crippen molar-refractivity contribution in [2.45, 2.75) is 24.6 Å². The molecule has 0 aromatic heterocycles. The van der Waals surface area contributed by atoms with Gasteiger partial charge in [-0.1, -0.05) is 12.1 Å². The summed E-state index contributed by atoms with van der Waals surface area (Å²) in [6, 6.07) is 5.61. The van der Waals surface area contributed by atoms with Crippen LogP contribution in [-0.2, 0) is 25.4 Å². The number of carbonyl (C=O) groups is 2. The Morgan fingerprint density at radius 3 is 2.75 bits per heavy atom. The molecule has 2 rings (SSSR count). The average molecular weight is 297 g/mol. The molecule has 1 aliphatic heterocycles. The van der Waals surface area contributed by atoms with E-state index in [1.54, 1.807) is 24.3 Å². The van der Waals surface area contributed by atoms with Crippen LogP contribution in [-0.4, -0.2) is 26.3 Å². The number of hydrogen-bond acceptors (Lipinski definition) is 5. The van der Waals surface area contributed by atoms with Gasteiger partial charge in [-0.3, -0.25) is 14.9 Å². The van der Waals surface area contributed by atoms with Crippen molar-refractivity contribution in [2.75, 3.05) is 5.73 Å². The summed E-state index contributed by atoms with van der Waals surface area (Å²) in [7, 11) is -3.68. The summed E-state index contributed by atoms with van der Waals surface area (Å²) in [5.74, 6) is -1.27. The maximum absolute atomic E-state index is 12.0. The van der Waals surface area contributed by atoms with Crippen LogP contribution in [0.15, 0.2) is 24.3 Å². The van der Waals surface area contributed by atoms with E-state index in [1.165, 1.54) is 0 Å². The molecule has 4 N–H and O–H groups in total. The van der Waals surface area contributed by atoms with Crippen molar-refractivity contribution in [2.24, 2.45) is 0 Å². The third-order valence-corrected chi connectivity index (χ3v) is 4.23. The number of nitrogens with two attached hydrogens (primary N) is 1. The lowest BCUT2D eigenvalue weighted by Gasteiger charge is -2.21. The van der Waals surface area contributed by atoms with E-state index in [2.05, 4.69) is 10.0 Å². The van der Waals surface area contributed by atoms with Crippen molar-refractivity contribution in [1.82, 2.24) is 10.0 Å². The zero-order valence-electron chi connectivity index (χ0n) is 10.6. The minimum atomic E-state index is -3.68. The molecule has 0 aliphatic carbocycles. The summed E-state index contributed by atoms with van der Waals surface area (Å²) in [5, 5.41) is 2.10. The van der Waals surface area contributed by atoms with Gasteiger partial charge in [0.25, 0.3) is 0 Å². The largest absolute Gasteiger partial charge is 0.399 e. The van der Waals surface area contributed by atoms with Crippen molar-refractivity contribution in [3.05, 3.63) is 29.8 Å². The van der Waals surface area contributed by atoms with Gasteiger partial charge in [-0.15, -0.1) is 0 Å². The first-order chi connectivity index (χ1) is 9.35. The van der Waals surface area contributed by atoms with Gasteiger partial charge in [-0.2, -0.15) is 0 Å². The number of imide groups is 1. The van der Waals surface area contributed by atoms with Crippen molar-refractivity contribution in [3.8, 4) is 0 Å². The molecule has 0 saturated carbocycles. The van der Waals surface area contributed by atoms with Gasteiger partial charge in [0.1, 0.15) is 6.04 Å². The van der Waals surface area contributed by atoms with Gasteiger partial charge in [0.05, 0.1) is 5.75 Å². The van der Waals surface area contributed by atoms with Gasteiger partial charge in [0.15, 0.2) is 0 Å².